The number of carbonyl (C=O) groups excluding carboxylic acids is 1. The molecule has 0 bridgehead atoms. The van der Waals surface area contributed by atoms with Gasteiger partial charge in [0.2, 0.25) is 5.95 Å². The zero-order valence-corrected chi connectivity index (χ0v) is 9.44. The van der Waals surface area contributed by atoms with Crippen LogP contribution >= 0.6 is 0 Å². The highest BCUT2D eigenvalue weighted by Gasteiger charge is 2.16. The molecule has 5 heteroatoms. The van der Waals surface area contributed by atoms with Crippen molar-refractivity contribution in [3.05, 3.63) is 17.5 Å². The standard InChI is InChI=1S/C11H16N4O/c1-8-7-13-11(14-9(8)10(12)16)15-5-3-2-4-6-15/h7H,2-6H2,1H3,(H2,12,16). The normalized spacial score (nSPS) is 16.2. The van der Waals surface area contributed by atoms with Gasteiger partial charge in [0, 0.05) is 19.3 Å². The number of piperidine rings is 1. The molecule has 2 rings (SSSR count). The van der Waals surface area contributed by atoms with Gasteiger partial charge in [0.05, 0.1) is 0 Å². The molecule has 0 aliphatic carbocycles. The number of nitrogens with two attached hydrogens (primary N) is 1. The lowest BCUT2D eigenvalue weighted by molar-refractivity contribution is 0.0995. The van der Waals surface area contributed by atoms with Crippen LogP contribution in [0.4, 0.5) is 5.95 Å². The van der Waals surface area contributed by atoms with Crippen molar-refractivity contribution in [3.8, 4) is 0 Å². The van der Waals surface area contributed by atoms with Gasteiger partial charge in [0.25, 0.3) is 5.91 Å². The van der Waals surface area contributed by atoms with E-state index in [2.05, 4.69) is 14.9 Å². The van der Waals surface area contributed by atoms with E-state index in [1.165, 1.54) is 6.42 Å². The predicted octanol–water partition coefficient (Wildman–Crippen LogP) is 0.874. The van der Waals surface area contributed by atoms with E-state index in [0.29, 0.717) is 11.6 Å². The molecule has 2 heterocycles. The first kappa shape index (κ1) is 10.9. The molecule has 0 spiro atoms. The number of amides is 1. The Morgan fingerprint density at radius 2 is 2.06 bits per heavy atom. The van der Waals surface area contributed by atoms with Gasteiger partial charge in [-0.3, -0.25) is 4.79 Å². The summed E-state index contributed by atoms with van der Waals surface area (Å²) < 4.78 is 0. The maximum Gasteiger partial charge on any atom is 0.267 e. The molecule has 0 saturated carbocycles. The van der Waals surface area contributed by atoms with E-state index < -0.39 is 5.91 Å². The summed E-state index contributed by atoms with van der Waals surface area (Å²) in [5, 5.41) is 0. The van der Waals surface area contributed by atoms with Crippen LogP contribution in [0.5, 0.6) is 0 Å². The van der Waals surface area contributed by atoms with E-state index >= 15 is 0 Å². The Labute approximate surface area is 94.7 Å². The summed E-state index contributed by atoms with van der Waals surface area (Å²) in [5.41, 5.74) is 6.32. The van der Waals surface area contributed by atoms with Crippen molar-refractivity contribution in [3.63, 3.8) is 0 Å². The maximum atomic E-state index is 11.2. The lowest BCUT2D eigenvalue weighted by Gasteiger charge is -2.26. The van der Waals surface area contributed by atoms with Crippen molar-refractivity contribution in [2.24, 2.45) is 5.73 Å². The van der Waals surface area contributed by atoms with Crippen LogP contribution < -0.4 is 10.6 Å². The fraction of sp³-hybridized carbons (Fsp3) is 0.545. The minimum absolute atomic E-state index is 0.329. The topological polar surface area (TPSA) is 72.1 Å². The van der Waals surface area contributed by atoms with Crippen molar-refractivity contribution in [2.75, 3.05) is 18.0 Å². The molecule has 2 N–H and O–H groups in total. The first-order valence-electron chi connectivity index (χ1n) is 5.57. The van der Waals surface area contributed by atoms with Gasteiger partial charge in [-0.05, 0) is 31.7 Å². The number of hydrogen-bond acceptors (Lipinski definition) is 4. The highest BCUT2D eigenvalue weighted by atomic mass is 16.1. The van der Waals surface area contributed by atoms with Crippen LogP contribution in [-0.4, -0.2) is 29.0 Å². The summed E-state index contributed by atoms with van der Waals surface area (Å²) in [6, 6.07) is 0. The molecule has 1 fully saturated rings. The van der Waals surface area contributed by atoms with E-state index in [1.54, 1.807) is 13.1 Å². The second kappa shape index (κ2) is 4.47. The Hall–Kier alpha value is -1.65. The van der Waals surface area contributed by atoms with E-state index in [4.69, 9.17) is 5.73 Å². The summed E-state index contributed by atoms with van der Waals surface area (Å²) in [6.45, 7) is 3.71. The van der Waals surface area contributed by atoms with Gasteiger partial charge < -0.3 is 10.6 Å². The second-order valence-electron chi connectivity index (χ2n) is 4.11. The van der Waals surface area contributed by atoms with Crippen LogP contribution in [0, 0.1) is 6.92 Å². The quantitative estimate of drug-likeness (QED) is 0.802. The number of carbonyl (C=O) groups is 1. The van der Waals surface area contributed by atoms with Gasteiger partial charge in [0.1, 0.15) is 5.69 Å². The van der Waals surface area contributed by atoms with E-state index in [1.807, 2.05) is 0 Å². The molecule has 1 amide bonds. The third-order valence-electron chi connectivity index (χ3n) is 2.83. The van der Waals surface area contributed by atoms with E-state index in [9.17, 15) is 4.79 Å². The SMILES string of the molecule is Cc1cnc(N2CCCCC2)nc1C(N)=O. The number of aryl methyl sites for hydroxylation is 1. The minimum Gasteiger partial charge on any atom is -0.364 e. The number of anilines is 1. The molecular formula is C11H16N4O. The van der Waals surface area contributed by atoms with Crippen molar-refractivity contribution >= 4 is 11.9 Å². The van der Waals surface area contributed by atoms with Crippen molar-refractivity contribution < 1.29 is 4.79 Å². The Kier molecular flexibility index (Phi) is 3.03. The summed E-state index contributed by atoms with van der Waals surface area (Å²) in [6.07, 6.45) is 5.23. The van der Waals surface area contributed by atoms with Gasteiger partial charge in [-0.1, -0.05) is 0 Å². The largest absolute Gasteiger partial charge is 0.364 e. The van der Waals surface area contributed by atoms with Crippen LogP contribution in [-0.2, 0) is 0 Å². The van der Waals surface area contributed by atoms with Crippen LogP contribution in [0.15, 0.2) is 6.20 Å². The summed E-state index contributed by atoms with van der Waals surface area (Å²) in [4.78, 5) is 21.8. The van der Waals surface area contributed by atoms with Crippen molar-refractivity contribution in [2.45, 2.75) is 26.2 Å². The number of aromatic nitrogens is 2. The second-order valence-corrected chi connectivity index (χ2v) is 4.11. The van der Waals surface area contributed by atoms with Gasteiger partial charge in [0.15, 0.2) is 0 Å². The fourth-order valence-electron chi connectivity index (χ4n) is 1.93. The van der Waals surface area contributed by atoms with Gasteiger partial charge in [-0.25, -0.2) is 9.97 Å². The zero-order chi connectivity index (χ0) is 11.5. The van der Waals surface area contributed by atoms with Gasteiger partial charge in [-0.15, -0.1) is 0 Å². The highest BCUT2D eigenvalue weighted by Crippen LogP contribution is 2.16. The molecule has 0 aromatic carbocycles. The Morgan fingerprint density at radius 3 is 2.69 bits per heavy atom. The molecule has 1 aliphatic heterocycles. The molecule has 16 heavy (non-hydrogen) atoms. The lowest BCUT2D eigenvalue weighted by atomic mass is 10.1. The molecule has 1 aromatic rings. The van der Waals surface area contributed by atoms with Crippen molar-refractivity contribution in [1.82, 2.24) is 9.97 Å². The van der Waals surface area contributed by atoms with Crippen LogP contribution in [0.1, 0.15) is 35.3 Å². The molecular weight excluding hydrogens is 204 g/mol. The fourth-order valence-corrected chi connectivity index (χ4v) is 1.93. The van der Waals surface area contributed by atoms with Crippen LogP contribution in [0.2, 0.25) is 0 Å². The summed E-state index contributed by atoms with van der Waals surface area (Å²) in [7, 11) is 0. The maximum absolute atomic E-state index is 11.2. The number of hydrogen-bond donors (Lipinski definition) is 1. The first-order chi connectivity index (χ1) is 7.68. The average Bonchev–Trinajstić information content (AvgIpc) is 2.30. The Morgan fingerprint density at radius 1 is 1.38 bits per heavy atom. The van der Waals surface area contributed by atoms with Crippen LogP contribution in [0.3, 0.4) is 0 Å². The number of nitrogens with zero attached hydrogens (tertiary/aromatic N) is 3. The molecule has 1 aromatic heterocycles. The highest BCUT2D eigenvalue weighted by molar-refractivity contribution is 5.92. The summed E-state index contributed by atoms with van der Waals surface area (Å²) >= 11 is 0. The monoisotopic (exact) mass is 220 g/mol. The third-order valence-corrected chi connectivity index (χ3v) is 2.83. The molecule has 1 aliphatic rings. The molecule has 0 atom stereocenters. The van der Waals surface area contributed by atoms with Crippen LogP contribution in [0.25, 0.3) is 0 Å². The third kappa shape index (κ3) is 2.13. The smallest absolute Gasteiger partial charge is 0.267 e. The predicted molar refractivity (Wildman–Crippen MR) is 61.4 cm³/mol. The lowest BCUT2D eigenvalue weighted by Crippen LogP contribution is -2.31. The molecule has 1 saturated heterocycles. The van der Waals surface area contributed by atoms with Gasteiger partial charge in [-0.2, -0.15) is 0 Å². The minimum atomic E-state index is -0.488. The van der Waals surface area contributed by atoms with Gasteiger partial charge >= 0.3 is 0 Å². The van der Waals surface area contributed by atoms with E-state index in [0.717, 1.165) is 31.5 Å². The molecule has 0 radical (unpaired) electrons. The summed E-state index contributed by atoms with van der Waals surface area (Å²) in [5.74, 6) is 0.136. The average molecular weight is 220 g/mol. The van der Waals surface area contributed by atoms with Crippen molar-refractivity contribution in [1.29, 1.82) is 0 Å². The Balaban J connectivity index is 2.27. The van der Waals surface area contributed by atoms with E-state index in [-0.39, 0.29) is 0 Å². The molecule has 86 valence electrons. The molecule has 0 unspecified atom stereocenters. The first-order valence-corrected chi connectivity index (χ1v) is 5.57. The number of rotatable bonds is 2. The molecule has 5 nitrogen and oxygen atoms in total. The number of primary amides is 1. The Bertz CT molecular complexity index is 399. The zero-order valence-electron chi connectivity index (χ0n) is 9.44.